The first-order valence-electron chi connectivity index (χ1n) is 13.1. The van der Waals surface area contributed by atoms with Crippen molar-refractivity contribution in [3.8, 4) is 11.5 Å². The lowest BCUT2D eigenvalue weighted by Gasteiger charge is -2.25. The van der Waals surface area contributed by atoms with Gasteiger partial charge in [0.1, 0.15) is 6.61 Å². The van der Waals surface area contributed by atoms with Crippen molar-refractivity contribution in [1.29, 1.82) is 0 Å². The van der Waals surface area contributed by atoms with Crippen LogP contribution in [-0.4, -0.2) is 29.5 Å². The molecule has 4 aromatic carbocycles. The smallest absolute Gasteiger partial charge is 0.256 e. The van der Waals surface area contributed by atoms with Gasteiger partial charge in [-0.1, -0.05) is 66.7 Å². The maximum atomic E-state index is 13.3. The zero-order valence-electron chi connectivity index (χ0n) is 21.7. The van der Waals surface area contributed by atoms with Crippen LogP contribution < -0.4 is 20.1 Å². The van der Waals surface area contributed by atoms with Gasteiger partial charge >= 0.3 is 0 Å². The number of amides is 1. The summed E-state index contributed by atoms with van der Waals surface area (Å²) in [4.78, 5) is 25.6. The van der Waals surface area contributed by atoms with Crippen LogP contribution in [0.4, 0.5) is 5.69 Å². The summed E-state index contributed by atoms with van der Waals surface area (Å²) in [6, 6.07) is 25.3. The number of nitro groups is 1. The van der Waals surface area contributed by atoms with Crippen molar-refractivity contribution in [2.24, 2.45) is 0 Å². The minimum atomic E-state index is -1.46. The summed E-state index contributed by atoms with van der Waals surface area (Å²) in [7, 11) is 0. The van der Waals surface area contributed by atoms with Crippen LogP contribution in [0.2, 0.25) is 0 Å². The molecule has 4 aromatic rings. The van der Waals surface area contributed by atoms with E-state index >= 15 is 0 Å². The van der Waals surface area contributed by atoms with Gasteiger partial charge in [0.25, 0.3) is 11.9 Å². The molecular formula is C31H29N3O5. The molecule has 4 atom stereocenters. The van der Waals surface area contributed by atoms with Gasteiger partial charge in [-0.05, 0) is 53.9 Å². The normalized spacial score (nSPS) is 23.5. The number of rotatable bonds is 7. The zero-order valence-corrected chi connectivity index (χ0v) is 21.7. The molecule has 2 heterocycles. The molecule has 2 aliphatic rings. The fraction of sp³-hybridized carbons (Fsp3) is 0.258. The average molecular weight is 524 g/mol. The SMILES string of the molecule is CCOc1cc([C@@H]2[C@H](C)N[C@]3(C(=O)Nc4ccccc43)[C@@H]2[N+](=O)[O-])ccc1OCc1cccc2ccccc12. The molecule has 0 bridgehead atoms. The summed E-state index contributed by atoms with van der Waals surface area (Å²) in [6.45, 7) is 4.52. The first-order valence-corrected chi connectivity index (χ1v) is 13.1. The number of hydrogen-bond acceptors (Lipinski definition) is 6. The van der Waals surface area contributed by atoms with E-state index in [2.05, 4.69) is 28.8 Å². The molecule has 0 radical (unpaired) electrons. The predicted molar refractivity (Wildman–Crippen MR) is 149 cm³/mol. The van der Waals surface area contributed by atoms with Gasteiger partial charge in [0.05, 0.1) is 12.5 Å². The summed E-state index contributed by atoms with van der Waals surface area (Å²) >= 11 is 0. The Hall–Kier alpha value is -4.43. The third-order valence-corrected chi connectivity index (χ3v) is 7.88. The molecule has 0 saturated carbocycles. The molecule has 2 aliphatic heterocycles. The number of anilines is 1. The second-order valence-electron chi connectivity index (χ2n) is 10.1. The Morgan fingerprint density at radius 1 is 0.949 bits per heavy atom. The van der Waals surface area contributed by atoms with Gasteiger partial charge in [0.2, 0.25) is 0 Å². The molecule has 8 nitrogen and oxygen atoms in total. The summed E-state index contributed by atoms with van der Waals surface area (Å²) < 4.78 is 12.2. The Morgan fingerprint density at radius 2 is 1.72 bits per heavy atom. The lowest BCUT2D eigenvalue weighted by Crippen LogP contribution is -2.54. The van der Waals surface area contributed by atoms with Crippen LogP contribution in [0.15, 0.2) is 84.9 Å². The summed E-state index contributed by atoms with van der Waals surface area (Å²) in [5.41, 5.74) is 1.51. The standard InChI is InChI=1S/C31H29N3O5/c1-3-38-27-17-21(15-16-26(27)39-18-22-11-8-10-20-9-4-5-12-23(20)22)28-19(2)33-31(29(28)34(36)37)24-13-6-7-14-25(24)32-30(31)35/h4-17,19,28-29,33H,3,18H2,1-2H3,(H,32,35)/t19-,28-,29+,31-/m0/s1. The van der Waals surface area contributed by atoms with Crippen LogP contribution in [0.5, 0.6) is 11.5 Å². The lowest BCUT2D eigenvalue weighted by molar-refractivity contribution is -0.532. The van der Waals surface area contributed by atoms with E-state index in [1.54, 1.807) is 24.3 Å². The maximum Gasteiger partial charge on any atom is 0.256 e. The second kappa shape index (κ2) is 9.71. The number of benzene rings is 4. The highest BCUT2D eigenvalue weighted by atomic mass is 16.6. The molecule has 1 saturated heterocycles. The van der Waals surface area contributed by atoms with Crippen LogP contribution in [0.3, 0.4) is 0 Å². The molecule has 198 valence electrons. The van der Waals surface area contributed by atoms with E-state index in [0.717, 1.165) is 16.3 Å². The van der Waals surface area contributed by atoms with Gasteiger partial charge in [-0.3, -0.25) is 20.2 Å². The van der Waals surface area contributed by atoms with Crippen molar-refractivity contribution in [1.82, 2.24) is 5.32 Å². The predicted octanol–water partition coefficient (Wildman–Crippen LogP) is 5.39. The maximum absolute atomic E-state index is 13.3. The second-order valence-corrected chi connectivity index (χ2v) is 10.1. The monoisotopic (exact) mass is 523 g/mol. The fourth-order valence-electron chi connectivity index (χ4n) is 6.25. The summed E-state index contributed by atoms with van der Waals surface area (Å²) in [6.07, 6.45) is 0. The molecule has 2 N–H and O–H groups in total. The van der Waals surface area contributed by atoms with Crippen molar-refractivity contribution in [3.05, 3.63) is 112 Å². The Morgan fingerprint density at radius 3 is 2.54 bits per heavy atom. The number of ether oxygens (including phenoxy) is 2. The number of nitrogens with one attached hydrogen (secondary N) is 2. The first kappa shape index (κ1) is 24.9. The third-order valence-electron chi connectivity index (χ3n) is 7.88. The van der Waals surface area contributed by atoms with Gasteiger partial charge in [-0.15, -0.1) is 0 Å². The Labute approximate surface area is 226 Å². The minimum Gasteiger partial charge on any atom is -0.490 e. The van der Waals surface area contributed by atoms with E-state index in [0.29, 0.717) is 41.5 Å². The number of hydrogen-bond donors (Lipinski definition) is 2. The van der Waals surface area contributed by atoms with Crippen LogP contribution in [0.1, 0.15) is 36.5 Å². The van der Waals surface area contributed by atoms with Crippen LogP contribution >= 0.6 is 0 Å². The van der Waals surface area contributed by atoms with Crippen molar-refractivity contribution in [2.45, 2.75) is 44.0 Å². The van der Waals surface area contributed by atoms with Gasteiger partial charge in [0.15, 0.2) is 17.0 Å². The van der Waals surface area contributed by atoms with Gasteiger partial charge in [-0.2, -0.15) is 0 Å². The number of nitrogens with zero attached hydrogens (tertiary/aromatic N) is 1. The van der Waals surface area contributed by atoms with E-state index in [1.807, 2.05) is 56.3 Å². The van der Waals surface area contributed by atoms with E-state index in [-0.39, 0.29) is 11.0 Å². The Kier molecular flexibility index (Phi) is 6.19. The number of para-hydroxylation sites is 1. The quantitative estimate of drug-likeness (QED) is 0.249. The molecule has 0 aromatic heterocycles. The van der Waals surface area contributed by atoms with Crippen LogP contribution in [0, 0.1) is 10.1 Å². The van der Waals surface area contributed by atoms with Gasteiger partial charge in [0, 0.05) is 22.2 Å². The third kappa shape index (κ3) is 3.99. The summed E-state index contributed by atoms with van der Waals surface area (Å²) in [5.74, 6) is 0.0910. The molecule has 0 aliphatic carbocycles. The molecule has 8 heteroatoms. The topological polar surface area (TPSA) is 103 Å². The fourth-order valence-corrected chi connectivity index (χ4v) is 6.25. The molecule has 39 heavy (non-hydrogen) atoms. The molecular weight excluding hydrogens is 494 g/mol. The molecule has 1 spiro atoms. The van der Waals surface area contributed by atoms with Crippen LogP contribution in [0.25, 0.3) is 10.8 Å². The molecule has 6 rings (SSSR count). The highest BCUT2D eigenvalue weighted by molar-refractivity contribution is 6.07. The molecule has 0 unspecified atom stereocenters. The minimum absolute atomic E-state index is 0.325. The van der Waals surface area contributed by atoms with E-state index in [1.165, 1.54) is 0 Å². The van der Waals surface area contributed by atoms with Crippen molar-refractivity contribution in [2.75, 3.05) is 11.9 Å². The van der Waals surface area contributed by atoms with Gasteiger partial charge < -0.3 is 14.8 Å². The number of carbonyl (C=O) groups is 1. The highest BCUT2D eigenvalue weighted by Gasteiger charge is 2.67. The number of fused-ring (bicyclic) bond motifs is 3. The lowest BCUT2D eigenvalue weighted by atomic mass is 9.78. The Bertz CT molecular complexity index is 1580. The van der Waals surface area contributed by atoms with Crippen LogP contribution in [-0.2, 0) is 16.9 Å². The average Bonchev–Trinajstić information content (AvgIpc) is 3.41. The van der Waals surface area contributed by atoms with E-state index < -0.39 is 23.4 Å². The van der Waals surface area contributed by atoms with E-state index in [9.17, 15) is 14.9 Å². The first-order chi connectivity index (χ1) is 18.9. The zero-order chi connectivity index (χ0) is 27.1. The van der Waals surface area contributed by atoms with Gasteiger partial charge in [-0.25, -0.2) is 0 Å². The van der Waals surface area contributed by atoms with Crippen molar-refractivity contribution < 1.29 is 19.2 Å². The highest BCUT2D eigenvalue weighted by Crippen LogP contribution is 2.50. The Balaban J connectivity index is 1.35. The van der Waals surface area contributed by atoms with E-state index in [4.69, 9.17) is 9.47 Å². The number of carbonyl (C=O) groups excluding carboxylic acids is 1. The summed E-state index contributed by atoms with van der Waals surface area (Å²) in [5, 5.41) is 21.0. The largest absolute Gasteiger partial charge is 0.490 e. The molecule has 1 fully saturated rings. The molecule has 1 amide bonds. The van der Waals surface area contributed by atoms with Crippen molar-refractivity contribution >= 4 is 22.4 Å². The van der Waals surface area contributed by atoms with Crippen molar-refractivity contribution in [3.63, 3.8) is 0 Å².